The number of nitrogens with zero attached hydrogens (tertiary/aromatic N) is 5. The molecular weight excluding hydrogens is 467 g/mol. The second kappa shape index (κ2) is 8.94. The van der Waals surface area contributed by atoms with E-state index in [1.807, 2.05) is 6.07 Å². The number of benzene rings is 1. The van der Waals surface area contributed by atoms with Gasteiger partial charge in [0, 0.05) is 36.5 Å². The molecule has 4 heterocycles. The summed E-state index contributed by atoms with van der Waals surface area (Å²) in [5.41, 5.74) is 0.0934. The van der Waals surface area contributed by atoms with E-state index < -0.39 is 17.8 Å². The van der Waals surface area contributed by atoms with Gasteiger partial charge in [0.05, 0.1) is 11.4 Å². The largest absolute Gasteiger partial charge is 0.417 e. The molecule has 2 amide bonds. The van der Waals surface area contributed by atoms with Gasteiger partial charge in [-0.1, -0.05) is 18.2 Å². The molecule has 7 nitrogen and oxygen atoms in total. The Hall–Kier alpha value is -3.08. The minimum Gasteiger partial charge on any atom is -0.340 e. The minimum absolute atomic E-state index is 0.135. The van der Waals surface area contributed by atoms with Crippen molar-refractivity contribution in [3.8, 4) is 0 Å². The van der Waals surface area contributed by atoms with Gasteiger partial charge in [0.15, 0.2) is 5.65 Å². The molecule has 0 spiro atoms. The van der Waals surface area contributed by atoms with E-state index in [9.17, 15) is 22.8 Å². The summed E-state index contributed by atoms with van der Waals surface area (Å²) in [6.07, 6.45) is -2.08. The van der Waals surface area contributed by atoms with Crippen LogP contribution in [0.15, 0.2) is 48.7 Å². The molecule has 11 heteroatoms. The average molecular weight is 490 g/mol. The minimum atomic E-state index is -4.47. The van der Waals surface area contributed by atoms with Crippen LogP contribution in [0.2, 0.25) is 0 Å². The first-order chi connectivity index (χ1) is 16.3. The highest BCUT2D eigenvalue weighted by molar-refractivity contribution is 7.99. The Bertz CT molecular complexity index is 1220. The monoisotopic (exact) mass is 489 g/mol. The number of aromatic nitrogens is 3. The zero-order valence-corrected chi connectivity index (χ0v) is 18.9. The number of halogens is 3. The molecule has 2 aromatic heterocycles. The van der Waals surface area contributed by atoms with Crippen molar-refractivity contribution in [2.24, 2.45) is 0 Å². The fourth-order valence-corrected chi connectivity index (χ4v) is 5.69. The van der Waals surface area contributed by atoms with Crippen LogP contribution >= 0.6 is 11.8 Å². The lowest BCUT2D eigenvalue weighted by molar-refractivity contribution is -0.138. The van der Waals surface area contributed by atoms with Crippen molar-refractivity contribution in [2.45, 2.75) is 31.0 Å². The Kier molecular flexibility index (Phi) is 5.97. The highest BCUT2D eigenvalue weighted by Gasteiger charge is 2.39. The predicted molar refractivity (Wildman–Crippen MR) is 120 cm³/mol. The normalized spacial score (nSPS) is 21.3. The Labute approximate surface area is 197 Å². The summed E-state index contributed by atoms with van der Waals surface area (Å²) in [5.74, 6) is 0.808. The van der Waals surface area contributed by atoms with E-state index in [4.69, 9.17) is 0 Å². The summed E-state index contributed by atoms with van der Waals surface area (Å²) >= 11 is 1.53. The first kappa shape index (κ1) is 22.7. The molecule has 34 heavy (non-hydrogen) atoms. The number of carbonyl (C=O) groups excluding carboxylic acids is 2. The van der Waals surface area contributed by atoms with Gasteiger partial charge in [-0.05, 0) is 37.1 Å². The molecule has 0 N–H and O–H groups in total. The third kappa shape index (κ3) is 4.24. The number of carbonyl (C=O) groups is 2. The van der Waals surface area contributed by atoms with Crippen LogP contribution in [0, 0.1) is 0 Å². The molecule has 3 aromatic rings. The molecule has 0 bridgehead atoms. The highest BCUT2D eigenvalue weighted by atomic mass is 32.2. The van der Waals surface area contributed by atoms with Crippen LogP contribution in [-0.2, 0) is 11.0 Å². The third-order valence-corrected chi connectivity index (χ3v) is 7.32. The number of fused-ring (bicyclic) bond motifs is 1. The maximum Gasteiger partial charge on any atom is 0.417 e. The van der Waals surface area contributed by atoms with Gasteiger partial charge in [-0.2, -0.15) is 13.2 Å². The van der Waals surface area contributed by atoms with Gasteiger partial charge < -0.3 is 9.80 Å². The van der Waals surface area contributed by atoms with Gasteiger partial charge in [0.2, 0.25) is 5.91 Å². The van der Waals surface area contributed by atoms with Crippen molar-refractivity contribution in [2.75, 3.05) is 24.7 Å². The van der Waals surface area contributed by atoms with Crippen LogP contribution in [0.4, 0.5) is 13.2 Å². The smallest absolute Gasteiger partial charge is 0.340 e. The summed E-state index contributed by atoms with van der Waals surface area (Å²) in [5, 5.41) is 8.17. The topological polar surface area (TPSA) is 70.8 Å². The molecule has 2 unspecified atom stereocenters. The third-order valence-electron chi connectivity index (χ3n) is 6.30. The van der Waals surface area contributed by atoms with Crippen molar-refractivity contribution >= 4 is 29.2 Å². The van der Waals surface area contributed by atoms with E-state index in [0.29, 0.717) is 54.6 Å². The first-order valence-corrected chi connectivity index (χ1v) is 12.1. The van der Waals surface area contributed by atoms with E-state index in [0.717, 1.165) is 12.3 Å². The summed E-state index contributed by atoms with van der Waals surface area (Å²) < 4.78 is 41.0. The highest BCUT2D eigenvalue weighted by Crippen LogP contribution is 2.32. The number of piperidine rings is 1. The van der Waals surface area contributed by atoms with Crippen LogP contribution < -0.4 is 0 Å². The van der Waals surface area contributed by atoms with Crippen molar-refractivity contribution < 1.29 is 22.8 Å². The van der Waals surface area contributed by atoms with E-state index in [2.05, 4.69) is 10.2 Å². The van der Waals surface area contributed by atoms with Gasteiger partial charge in [-0.25, -0.2) is 0 Å². The number of pyridine rings is 1. The van der Waals surface area contributed by atoms with Crippen LogP contribution in [0.25, 0.3) is 5.65 Å². The summed E-state index contributed by atoms with van der Waals surface area (Å²) in [4.78, 5) is 29.7. The van der Waals surface area contributed by atoms with Crippen LogP contribution in [0.5, 0.6) is 0 Å². The number of likely N-dealkylation sites (tertiary alicyclic amines) is 1. The molecule has 178 valence electrons. The van der Waals surface area contributed by atoms with Crippen LogP contribution in [-0.4, -0.2) is 67.0 Å². The second-order valence-corrected chi connectivity index (χ2v) is 9.48. The van der Waals surface area contributed by atoms with Gasteiger partial charge in [0.1, 0.15) is 11.9 Å². The van der Waals surface area contributed by atoms with Gasteiger partial charge in [0.25, 0.3) is 5.91 Å². The fourth-order valence-electron chi connectivity index (χ4n) is 4.55. The number of hydrogen-bond acceptors (Lipinski definition) is 5. The number of thioether (sulfide) groups is 1. The molecule has 2 atom stereocenters. The molecule has 0 aliphatic carbocycles. The Morgan fingerprint density at radius 3 is 2.62 bits per heavy atom. The average Bonchev–Trinajstić information content (AvgIpc) is 3.50. The molecule has 5 rings (SSSR count). The summed E-state index contributed by atoms with van der Waals surface area (Å²) in [6, 6.07) is 10.6. The Morgan fingerprint density at radius 1 is 1.06 bits per heavy atom. The Morgan fingerprint density at radius 2 is 1.85 bits per heavy atom. The summed E-state index contributed by atoms with van der Waals surface area (Å²) in [7, 11) is 0. The van der Waals surface area contributed by atoms with E-state index in [1.54, 1.807) is 34.1 Å². The van der Waals surface area contributed by atoms with Gasteiger partial charge >= 0.3 is 6.18 Å². The lowest BCUT2D eigenvalue weighted by atomic mass is 9.96. The maximum absolute atomic E-state index is 13.4. The molecule has 1 aromatic carbocycles. The van der Waals surface area contributed by atoms with Crippen molar-refractivity contribution in [3.05, 3.63) is 65.6 Å². The zero-order chi connectivity index (χ0) is 23.9. The van der Waals surface area contributed by atoms with Crippen molar-refractivity contribution in [1.29, 1.82) is 0 Å². The number of rotatable bonds is 3. The van der Waals surface area contributed by atoms with Crippen molar-refractivity contribution in [3.63, 3.8) is 0 Å². The zero-order valence-electron chi connectivity index (χ0n) is 18.1. The molecular formula is C23H22F3N5O2S. The van der Waals surface area contributed by atoms with E-state index in [-0.39, 0.29) is 17.7 Å². The molecule has 2 aliphatic heterocycles. The maximum atomic E-state index is 13.4. The SMILES string of the molecule is O=C(C1CSCN1C(=O)c1ccccc1)N1CCCC(c2nnc3ccc(C(F)(F)F)cn23)C1. The Balaban J connectivity index is 1.35. The van der Waals surface area contributed by atoms with Gasteiger partial charge in [-0.15, -0.1) is 22.0 Å². The number of amides is 2. The van der Waals surface area contributed by atoms with Crippen LogP contribution in [0.3, 0.4) is 0 Å². The molecule has 2 saturated heterocycles. The molecule has 0 saturated carbocycles. The lowest BCUT2D eigenvalue weighted by Gasteiger charge is -2.35. The summed E-state index contributed by atoms with van der Waals surface area (Å²) in [6.45, 7) is 0.860. The van der Waals surface area contributed by atoms with Crippen molar-refractivity contribution in [1.82, 2.24) is 24.4 Å². The fraction of sp³-hybridized carbons (Fsp3) is 0.391. The second-order valence-electron chi connectivity index (χ2n) is 8.48. The van der Waals surface area contributed by atoms with E-state index in [1.165, 1.54) is 22.2 Å². The van der Waals surface area contributed by atoms with E-state index >= 15 is 0 Å². The van der Waals surface area contributed by atoms with Gasteiger partial charge in [-0.3, -0.25) is 14.0 Å². The quantitative estimate of drug-likeness (QED) is 0.562. The number of hydrogen-bond donors (Lipinski definition) is 0. The first-order valence-electron chi connectivity index (χ1n) is 11.0. The number of alkyl halides is 3. The predicted octanol–water partition coefficient (Wildman–Crippen LogP) is 3.67. The molecule has 0 radical (unpaired) electrons. The standard InChI is InChI=1S/C23H22F3N5O2S/c24-23(25,26)17-8-9-19-27-28-20(30(19)12-17)16-7-4-10-29(11-16)22(33)18-13-34-14-31(18)21(32)15-5-2-1-3-6-15/h1-3,5-6,8-9,12,16,18H,4,7,10-11,13-14H2. The van der Waals surface area contributed by atoms with Crippen LogP contribution in [0.1, 0.15) is 40.5 Å². The molecule has 2 fully saturated rings. The molecule has 2 aliphatic rings. The lowest BCUT2D eigenvalue weighted by Crippen LogP contribution is -2.51.